The number of halogens is 2. The molecule has 7 nitrogen and oxygen atoms in total. The van der Waals surface area contributed by atoms with E-state index < -0.39 is 12.4 Å². The molecule has 1 N–H and O–H groups in total. The van der Waals surface area contributed by atoms with Crippen LogP contribution in [-0.4, -0.2) is 39.5 Å². The van der Waals surface area contributed by atoms with E-state index in [9.17, 15) is 9.90 Å². The molecule has 0 radical (unpaired) electrons. The standard InChI is InChI=1S/C22H23Cl2N3O4/c1-4-27-16(8-10-30-3)17(15-7-9-25-26(15)2)20(28)18(21-22(29)31-21)19(27)12-5-6-13(23)14(24)11-12/h5-7,9,11,21-22,29H,4,8,10H2,1-3H3. The molecule has 1 aliphatic heterocycles. The Labute approximate surface area is 189 Å². The fraction of sp³-hybridized carbons (Fsp3) is 0.364. The minimum atomic E-state index is -1.02. The number of epoxide rings is 1. The Morgan fingerprint density at radius 1 is 1.26 bits per heavy atom. The monoisotopic (exact) mass is 463 g/mol. The van der Waals surface area contributed by atoms with Crippen LogP contribution in [0.15, 0.2) is 35.3 Å². The first-order valence-corrected chi connectivity index (χ1v) is 10.7. The highest BCUT2D eigenvalue weighted by molar-refractivity contribution is 6.42. The molecule has 2 unspecified atom stereocenters. The van der Waals surface area contributed by atoms with Crippen molar-refractivity contribution in [2.45, 2.75) is 32.3 Å². The van der Waals surface area contributed by atoms with Gasteiger partial charge in [-0.15, -0.1) is 0 Å². The van der Waals surface area contributed by atoms with Gasteiger partial charge in [0.25, 0.3) is 0 Å². The van der Waals surface area contributed by atoms with Gasteiger partial charge in [0.1, 0.15) is 6.10 Å². The second-order valence-corrected chi connectivity index (χ2v) is 8.13. The molecule has 0 saturated carbocycles. The molecule has 3 heterocycles. The molecular formula is C22H23Cl2N3O4. The van der Waals surface area contributed by atoms with Crippen molar-refractivity contribution in [1.82, 2.24) is 14.3 Å². The topological polar surface area (TPSA) is 81.8 Å². The smallest absolute Gasteiger partial charge is 0.197 e. The molecule has 0 bridgehead atoms. The van der Waals surface area contributed by atoms with Crippen LogP contribution in [-0.2, 0) is 29.5 Å². The minimum absolute atomic E-state index is 0.206. The summed E-state index contributed by atoms with van der Waals surface area (Å²) in [4.78, 5) is 13.9. The molecule has 2 aromatic heterocycles. The van der Waals surface area contributed by atoms with Crippen LogP contribution in [0, 0.1) is 0 Å². The van der Waals surface area contributed by atoms with Crippen LogP contribution in [0.25, 0.3) is 22.5 Å². The van der Waals surface area contributed by atoms with Crippen LogP contribution in [0.3, 0.4) is 0 Å². The van der Waals surface area contributed by atoms with Gasteiger partial charge >= 0.3 is 0 Å². The maximum Gasteiger partial charge on any atom is 0.197 e. The minimum Gasteiger partial charge on any atom is -0.384 e. The lowest BCUT2D eigenvalue weighted by Crippen LogP contribution is -2.25. The summed E-state index contributed by atoms with van der Waals surface area (Å²) in [6, 6.07) is 7.05. The number of aliphatic hydroxyl groups is 1. The van der Waals surface area contributed by atoms with Crippen molar-refractivity contribution >= 4 is 23.2 Å². The second-order valence-electron chi connectivity index (χ2n) is 7.32. The van der Waals surface area contributed by atoms with Gasteiger partial charge in [-0.2, -0.15) is 5.10 Å². The maximum absolute atomic E-state index is 13.9. The zero-order valence-corrected chi connectivity index (χ0v) is 18.9. The van der Waals surface area contributed by atoms with Gasteiger partial charge in [-0.05, 0) is 25.1 Å². The molecule has 4 rings (SSSR count). The van der Waals surface area contributed by atoms with Crippen LogP contribution in [0.2, 0.25) is 10.0 Å². The molecule has 0 amide bonds. The Morgan fingerprint density at radius 2 is 2.00 bits per heavy atom. The van der Waals surface area contributed by atoms with E-state index in [1.54, 1.807) is 43.2 Å². The number of aliphatic hydroxyl groups excluding tert-OH is 1. The van der Waals surface area contributed by atoms with E-state index >= 15 is 0 Å². The number of benzene rings is 1. The molecule has 1 fully saturated rings. The summed E-state index contributed by atoms with van der Waals surface area (Å²) in [6.45, 7) is 3.02. The molecule has 9 heteroatoms. The number of aromatic nitrogens is 3. The van der Waals surface area contributed by atoms with Gasteiger partial charge in [-0.25, -0.2) is 0 Å². The third kappa shape index (κ3) is 3.92. The van der Waals surface area contributed by atoms with Crippen molar-refractivity contribution < 1.29 is 14.6 Å². The number of aryl methyl sites for hydroxylation is 1. The third-order valence-corrected chi connectivity index (χ3v) is 6.23. The van der Waals surface area contributed by atoms with Gasteiger partial charge in [-0.3, -0.25) is 9.48 Å². The normalized spacial score (nSPS) is 17.9. The van der Waals surface area contributed by atoms with E-state index in [1.807, 2.05) is 13.0 Å². The van der Waals surface area contributed by atoms with E-state index in [2.05, 4.69) is 9.67 Å². The molecule has 31 heavy (non-hydrogen) atoms. The highest BCUT2D eigenvalue weighted by atomic mass is 35.5. The number of methoxy groups -OCH3 is 1. The van der Waals surface area contributed by atoms with Gasteiger partial charge in [0.05, 0.1) is 39.2 Å². The number of hydrogen-bond donors (Lipinski definition) is 1. The molecule has 0 spiro atoms. The van der Waals surface area contributed by atoms with Crippen molar-refractivity contribution in [3.05, 3.63) is 62.0 Å². The summed E-state index contributed by atoms with van der Waals surface area (Å²) in [6.07, 6.45) is 0.435. The summed E-state index contributed by atoms with van der Waals surface area (Å²) in [5, 5.41) is 15.1. The van der Waals surface area contributed by atoms with Gasteiger partial charge in [0.2, 0.25) is 0 Å². The van der Waals surface area contributed by atoms with Gasteiger partial charge < -0.3 is 19.1 Å². The van der Waals surface area contributed by atoms with E-state index in [1.165, 1.54) is 0 Å². The number of rotatable bonds is 7. The van der Waals surface area contributed by atoms with Crippen molar-refractivity contribution in [3.63, 3.8) is 0 Å². The molecule has 164 valence electrons. The molecule has 2 atom stereocenters. The Balaban J connectivity index is 2.11. The molecule has 1 aliphatic rings. The molecule has 3 aromatic rings. The van der Waals surface area contributed by atoms with E-state index in [0.717, 1.165) is 11.3 Å². The van der Waals surface area contributed by atoms with E-state index in [4.69, 9.17) is 32.7 Å². The lowest BCUT2D eigenvalue weighted by atomic mass is 9.95. The molecule has 0 aliphatic carbocycles. The Morgan fingerprint density at radius 3 is 2.55 bits per heavy atom. The average Bonchev–Trinajstić information content (AvgIpc) is 3.31. The van der Waals surface area contributed by atoms with E-state index in [0.29, 0.717) is 52.1 Å². The Bertz CT molecular complexity index is 1190. The SMILES string of the molecule is CCn1c(CCOC)c(-c2ccnn2C)c(=O)c(C2OC2O)c1-c1ccc(Cl)c(Cl)c1. The Hall–Kier alpha value is -2.16. The third-order valence-electron chi connectivity index (χ3n) is 5.49. The zero-order valence-electron chi connectivity index (χ0n) is 17.4. The summed E-state index contributed by atoms with van der Waals surface area (Å²) >= 11 is 12.4. The van der Waals surface area contributed by atoms with Crippen LogP contribution in [0.1, 0.15) is 24.3 Å². The van der Waals surface area contributed by atoms with Crippen LogP contribution in [0.4, 0.5) is 0 Å². The fourth-order valence-electron chi connectivity index (χ4n) is 4.01. The number of hydrogen-bond acceptors (Lipinski definition) is 5. The van der Waals surface area contributed by atoms with Gasteiger partial charge in [0, 0.05) is 44.6 Å². The first-order valence-electron chi connectivity index (χ1n) is 9.94. The lowest BCUT2D eigenvalue weighted by molar-refractivity contribution is 0.156. The maximum atomic E-state index is 13.9. The Kier molecular flexibility index (Phi) is 6.23. The van der Waals surface area contributed by atoms with Gasteiger partial charge in [0.15, 0.2) is 11.7 Å². The zero-order chi connectivity index (χ0) is 22.3. The van der Waals surface area contributed by atoms with Crippen molar-refractivity contribution in [2.75, 3.05) is 13.7 Å². The first kappa shape index (κ1) is 22.0. The van der Waals surface area contributed by atoms with Crippen LogP contribution in [0.5, 0.6) is 0 Å². The second kappa shape index (κ2) is 8.76. The van der Waals surface area contributed by atoms with Crippen molar-refractivity contribution in [2.24, 2.45) is 7.05 Å². The molecular weight excluding hydrogens is 441 g/mol. The predicted octanol–water partition coefficient (Wildman–Crippen LogP) is 3.82. The number of nitrogens with zero attached hydrogens (tertiary/aromatic N) is 3. The van der Waals surface area contributed by atoms with Crippen molar-refractivity contribution in [3.8, 4) is 22.5 Å². The van der Waals surface area contributed by atoms with Crippen LogP contribution < -0.4 is 5.43 Å². The summed E-state index contributed by atoms with van der Waals surface area (Å²) in [5.41, 5.74) is 3.60. The van der Waals surface area contributed by atoms with E-state index in [-0.39, 0.29) is 5.43 Å². The summed E-state index contributed by atoms with van der Waals surface area (Å²) in [5.74, 6) is 0. The quantitative estimate of drug-likeness (QED) is 0.538. The number of pyridine rings is 1. The van der Waals surface area contributed by atoms with Crippen molar-refractivity contribution in [1.29, 1.82) is 0 Å². The number of ether oxygens (including phenoxy) is 2. The fourth-order valence-corrected chi connectivity index (χ4v) is 4.31. The highest BCUT2D eigenvalue weighted by Gasteiger charge is 2.44. The highest BCUT2D eigenvalue weighted by Crippen LogP contribution is 2.43. The summed E-state index contributed by atoms with van der Waals surface area (Å²) in [7, 11) is 3.42. The lowest BCUT2D eigenvalue weighted by Gasteiger charge is -2.24. The first-order chi connectivity index (χ1) is 14.9. The largest absolute Gasteiger partial charge is 0.384 e. The van der Waals surface area contributed by atoms with Gasteiger partial charge in [-0.1, -0.05) is 29.3 Å². The summed E-state index contributed by atoms with van der Waals surface area (Å²) < 4.78 is 14.4. The predicted molar refractivity (Wildman–Crippen MR) is 119 cm³/mol. The average molecular weight is 464 g/mol. The molecule has 1 saturated heterocycles. The molecule has 1 aromatic carbocycles. The van der Waals surface area contributed by atoms with Crippen LogP contribution >= 0.6 is 23.2 Å².